The zero-order chi connectivity index (χ0) is 12.4. The van der Waals surface area contributed by atoms with Crippen LogP contribution in [-0.2, 0) is 7.05 Å². The van der Waals surface area contributed by atoms with Gasteiger partial charge in [-0.2, -0.15) is 0 Å². The first-order chi connectivity index (χ1) is 8.08. The van der Waals surface area contributed by atoms with E-state index in [1.807, 2.05) is 36.7 Å². The molecule has 0 spiro atoms. The third-order valence-electron chi connectivity index (χ3n) is 2.34. The van der Waals surface area contributed by atoms with E-state index in [9.17, 15) is 0 Å². The van der Waals surface area contributed by atoms with Crippen LogP contribution in [0.5, 0.6) is 0 Å². The number of aryl methyl sites for hydroxylation is 1. The van der Waals surface area contributed by atoms with Crippen LogP contribution in [0, 0.1) is 0 Å². The number of hydrogen-bond donors (Lipinski definition) is 1. The summed E-state index contributed by atoms with van der Waals surface area (Å²) in [5.74, 6) is 0. The number of hydrogen-bond acceptors (Lipinski definition) is 4. The van der Waals surface area contributed by atoms with Crippen LogP contribution in [0.15, 0.2) is 34.6 Å². The number of rotatable bonds is 3. The van der Waals surface area contributed by atoms with Gasteiger partial charge in [-0.25, -0.2) is 0 Å². The van der Waals surface area contributed by atoms with Crippen LogP contribution < -0.4 is 5.73 Å². The highest BCUT2D eigenvalue weighted by atomic mass is 35.5. The highest BCUT2D eigenvalue weighted by Crippen LogP contribution is 2.30. The van der Waals surface area contributed by atoms with Crippen LogP contribution in [0.3, 0.4) is 0 Å². The summed E-state index contributed by atoms with van der Waals surface area (Å²) < 4.78 is 1.86. The average molecular weight is 269 g/mol. The predicted octanol–water partition coefficient (Wildman–Crippen LogP) is 2.64. The molecule has 2 N–H and O–H groups in total. The summed E-state index contributed by atoms with van der Waals surface area (Å²) in [5.41, 5.74) is 6.76. The second-order valence-corrected chi connectivity index (χ2v) is 5.25. The van der Waals surface area contributed by atoms with Gasteiger partial charge in [-0.05, 0) is 36.4 Å². The van der Waals surface area contributed by atoms with Crippen LogP contribution in [0.1, 0.15) is 18.5 Å². The van der Waals surface area contributed by atoms with Gasteiger partial charge >= 0.3 is 0 Å². The maximum atomic E-state index is 6.17. The molecule has 0 bridgehead atoms. The Morgan fingerprint density at radius 1 is 1.47 bits per heavy atom. The summed E-state index contributed by atoms with van der Waals surface area (Å²) in [4.78, 5) is 1.02. The molecular weight excluding hydrogens is 256 g/mol. The van der Waals surface area contributed by atoms with Crippen LogP contribution in [0.4, 0.5) is 0 Å². The van der Waals surface area contributed by atoms with Gasteiger partial charge < -0.3 is 10.3 Å². The Balaban J connectivity index is 2.24. The predicted molar refractivity (Wildman–Crippen MR) is 69.2 cm³/mol. The van der Waals surface area contributed by atoms with E-state index in [-0.39, 0.29) is 6.04 Å². The van der Waals surface area contributed by atoms with Crippen molar-refractivity contribution >= 4 is 23.4 Å². The highest BCUT2D eigenvalue weighted by molar-refractivity contribution is 7.99. The Morgan fingerprint density at radius 3 is 2.76 bits per heavy atom. The monoisotopic (exact) mass is 268 g/mol. The molecule has 6 heteroatoms. The molecule has 0 aliphatic carbocycles. The molecule has 0 amide bonds. The Kier molecular flexibility index (Phi) is 3.71. The fourth-order valence-electron chi connectivity index (χ4n) is 1.41. The normalized spacial score (nSPS) is 12.7. The second kappa shape index (κ2) is 5.08. The lowest BCUT2D eigenvalue weighted by Gasteiger charge is -2.09. The number of nitrogens with two attached hydrogens (primary N) is 1. The van der Waals surface area contributed by atoms with Crippen LogP contribution in [0.2, 0.25) is 5.02 Å². The van der Waals surface area contributed by atoms with E-state index in [4.69, 9.17) is 17.3 Å². The number of halogens is 1. The zero-order valence-corrected chi connectivity index (χ0v) is 11.2. The molecule has 1 unspecified atom stereocenters. The third-order valence-corrected chi connectivity index (χ3v) is 3.71. The SMILES string of the molecule is CC(N)c1ccc(Sc2nncn2C)cc1Cl. The van der Waals surface area contributed by atoms with Gasteiger partial charge in [-0.15, -0.1) is 10.2 Å². The van der Waals surface area contributed by atoms with Crippen LogP contribution in [0.25, 0.3) is 0 Å². The summed E-state index contributed by atoms with van der Waals surface area (Å²) in [5, 5.41) is 9.35. The lowest BCUT2D eigenvalue weighted by molar-refractivity contribution is 0.788. The fraction of sp³-hybridized carbons (Fsp3) is 0.273. The van der Waals surface area contributed by atoms with Crippen LogP contribution >= 0.6 is 23.4 Å². The van der Waals surface area contributed by atoms with Gasteiger partial charge in [0.2, 0.25) is 0 Å². The standard InChI is InChI=1S/C11H13ClN4S/c1-7(13)9-4-3-8(5-10(9)12)17-11-15-14-6-16(11)2/h3-7H,13H2,1-2H3. The van der Waals surface area contributed by atoms with Crippen molar-refractivity contribution in [3.05, 3.63) is 35.1 Å². The van der Waals surface area contributed by atoms with Crippen molar-refractivity contribution in [2.75, 3.05) is 0 Å². The van der Waals surface area contributed by atoms with Crippen molar-refractivity contribution in [2.24, 2.45) is 12.8 Å². The molecule has 1 aromatic carbocycles. The minimum absolute atomic E-state index is 0.0589. The number of benzene rings is 1. The summed E-state index contributed by atoms with van der Waals surface area (Å²) >= 11 is 7.69. The fourth-order valence-corrected chi connectivity index (χ4v) is 2.63. The zero-order valence-electron chi connectivity index (χ0n) is 9.59. The van der Waals surface area contributed by atoms with Gasteiger partial charge in [0.15, 0.2) is 5.16 Å². The van der Waals surface area contributed by atoms with E-state index >= 15 is 0 Å². The smallest absolute Gasteiger partial charge is 0.195 e. The summed E-state index contributed by atoms with van der Waals surface area (Å²) in [6.07, 6.45) is 1.67. The molecule has 2 rings (SSSR count). The van der Waals surface area contributed by atoms with E-state index in [1.165, 1.54) is 11.8 Å². The first-order valence-electron chi connectivity index (χ1n) is 5.15. The molecular formula is C11H13ClN4S. The van der Waals surface area contributed by atoms with E-state index in [0.717, 1.165) is 15.6 Å². The van der Waals surface area contributed by atoms with Crippen LogP contribution in [-0.4, -0.2) is 14.8 Å². The molecule has 0 saturated carbocycles. The molecule has 0 aliphatic rings. The van der Waals surface area contributed by atoms with Gasteiger partial charge in [0.05, 0.1) is 0 Å². The molecule has 0 radical (unpaired) electrons. The molecule has 1 atom stereocenters. The van der Waals surface area contributed by atoms with Crippen molar-refractivity contribution in [3.8, 4) is 0 Å². The number of nitrogens with zero attached hydrogens (tertiary/aromatic N) is 3. The summed E-state index contributed by atoms with van der Waals surface area (Å²) in [6, 6.07) is 5.78. The van der Waals surface area contributed by atoms with Gasteiger partial charge in [0, 0.05) is 23.0 Å². The average Bonchev–Trinajstić information content (AvgIpc) is 2.64. The lowest BCUT2D eigenvalue weighted by Crippen LogP contribution is -2.05. The molecule has 90 valence electrons. The third kappa shape index (κ3) is 2.80. The number of aromatic nitrogens is 3. The molecule has 0 aliphatic heterocycles. The minimum atomic E-state index is -0.0589. The van der Waals surface area contributed by atoms with E-state index in [2.05, 4.69) is 10.2 Å². The molecule has 0 saturated heterocycles. The molecule has 4 nitrogen and oxygen atoms in total. The first kappa shape index (κ1) is 12.4. The maximum Gasteiger partial charge on any atom is 0.195 e. The van der Waals surface area contributed by atoms with Gasteiger partial charge in [0.25, 0.3) is 0 Å². The quantitative estimate of drug-likeness (QED) is 0.930. The second-order valence-electron chi connectivity index (χ2n) is 3.80. The molecule has 0 fully saturated rings. The Labute approximate surface area is 109 Å². The van der Waals surface area contributed by atoms with Crippen molar-refractivity contribution in [1.29, 1.82) is 0 Å². The largest absolute Gasteiger partial charge is 0.324 e. The maximum absolute atomic E-state index is 6.17. The first-order valence-corrected chi connectivity index (χ1v) is 6.34. The van der Waals surface area contributed by atoms with E-state index < -0.39 is 0 Å². The van der Waals surface area contributed by atoms with E-state index in [1.54, 1.807) is 6.33 Å². The Bertz CT molecular complexity index is 524. The molecule has 2 aromatic rings. The van der Waals surface area contributed by atoms with Crippen molar-refractivity contribution in [3.63, 3.8) is 0 Å². The van der Waals surface area contributed by atoms with Gasteiger partial charge in [-0.3, -0.25) is 0 Å². The Hall–Kier alpha value is -1.04. The van der Waals surface area contributed by atoms with E-state index in [0.29, 0.717) is 5.02 Å². The molecule has 17 heavy (non-hydrogen) atoms. The summed E-state index contributed by atoms with van der Waals surface area (Å²) in [7, 11) is 1.90. The van der Waals surface area contributed by atoms with Crippen molar-refractivity contribution in [1.82, 2.24) is 14.8 Å². The molecule has 1 heterocycles. The van der Waals surface area contributed by atoms with Gasteiger partial charge in [0.1, 0.15) is 6.33 Å². The van der Waals surface area contributed by atoms with Gasteiger partial charge in [-0.1, -0.05) is 17.7 Å². The Morgan fingerprint density at radius 2 is 2.24 bits per heavy atom. The van der Waals surface area contributed by atoms with Crippen molar-refractivity contribution in [2.45, 2.75) is 23.0 Å². The summed E-state index contributed by atoms with van der Waals surface area (Å²) in [6.45, 7) is 1.91. The lowest BCUT2D eigenvalue weighted by atomic mass is 10.1. The highest BCUT2D eigenvalue weighted by Gasteiger charge is 2.08. The minimum Gasteiger partial charge on any atom is -0.324 e. The topological polar surface area (TPSA) is 56.7 Å². The van der Waals surface area contributed by atoms with Crippen molar-refractivity contribution < 1.29 is 0 Å². The molecule has 1 aromatic heterocycles.